The average Bonchev–Trinajstić information content (AvgIpc) is 2.82. The lowest BCUT2D eigenvalue weighted by molar-refractivity contribution is 0.0240. The van der Waals surface area contributed by atoms with Crippen molar-refractivity contribution in [2.45, 2.75) is 26.4 Å². The summed E-state index contributed by atoms with van der Waals surface area (Å²) in [5, 5.41) is 11.7. The Morgan fingerprint density at radius 3 is 2.24 bits per heavy atom. The van der Waals surface area contributed by atoms with Crippen LogP contribution in [0.5, 0.6) is 5.75 Å². The Kier molecular flexibility index (Phi) is 8.87. The molecule has 1 aliphatic rings. The van der Waals surface area contributed by atoms with Crippen molar-refractivity contribution in [3.05, 3.63) is 48.0 Å². The van der Waals surface area contributed by atoms with E-state index in [1.165, 1.54) is 12.1 Å². The predicted molar refractivity (Wildman–Crippen MR) is 142 cm³/mol. The van der Waals surface area contributed by atoms with Crippen molar-refractivity contribution in [3.63, 3.8) is 0 Å². The number of anilines is 3. The number of nitrogens with zero attached hydrogens (tertiary/aromatic N) is 2. The third-order valence-corrected chi connectivity index (χ3v) is 5.90. The zero-order valence-corrected chi connectivity index (χ0v) is 22.3. The zero-order valence-electron chi connectivity index (χ0n) is 21.5. The number of carbonyl (C=O) groups is 2. The molecule has 2 aromatic rings. The lowest BCUT2D eigenvalue weighted by Crippen LogP contribution is -2.50. The molecule has 0 unspecified atom stereocenters. The number of amides is 2. The third kappa shape index (κ3) is 8.53. The summed E-state index contributed by atoms with van der Waals surface area (Å²) in [4.78, 5) is 28.9. The first kappa shape index (κ1) is 28.1. The first-order chi connectivity index (χ1) is 17.3. The number of sulfonamides is 1. The van der Waals surface area contributed by atoms with Gasteiger partial charge in [-0.05, 0) is 63.2 Å². The van der Waals surface area contributed by atoms with Crippen LogP contribution in [0.3, 0.4) is 0 Å². The average molecular weight is 535 g/mol. The minimum absolute atomic E-state index is 0.00739. The number of aliphatic hydroxyl groups excluding tert-OH is 1. The lowest BCUT2D eigenvalue weighted by Gasteiger charge is -2.36. The molecule has 12 heteroatoms. The number of rotatable bonds is 8. The molecule has 0 aromatic heterocycles. The van der Waals surface area contributed by atoms with Crippen molar-refractivity contribution >= 4 is 39.1 Å². The molecule has 1 heterocycles. The Hall–Kier alpha value is -3.51. The van der Waals surface area contributed by atoms with E-state index in [9.17, 15) is 18.0 Å². The fourth-order valence-corrected chi connectivity index (χ4v) is 4.23. The van der Waals surface area contributed by atoms with E-state index in [0.29, 0.717) is 37.4 Å². The Balaban J connectivity index is 1.62. The van der Waals surface area contributed by atoms with Gasteiger partial charge in [-0.25, -0.2) is 13.2 Å². The first-order valence-corrected chi connectivity index (χ1v) is 13.7. The number of aliphatic hydroxyl groups is 1. The van der Waals surface area contributed by atoms with Gasteiger partial charge >= 0.3 is 6.09 Å². The quantitative estimate of drug-likeness (QED) is 0.470. The minimum Gasteiger partial charge on any atom is -0.489 e. The Morgan fingerprint density at radius 1 is 1.03 bits per heavy atom. The lowest BCUT2D eigenvalue weighted by atomic mass is 10.1. The van der Waals surface area contributed by atoms with Crippen molar-refractivity contribution in [1.29, 1.82) is 0 Å². The van der Waals surface area contributed by atoms with E-state index >= 15 is 0 Å². The summed E-state index contributed by atoms with van der Waals surface area (Å²) >= 11 is 0. The number of benzene rings is 2. The molecule has 0 saturated carbocycles. The van der Waals surface area contributed by atoms with Crippen LogP contribution in [0.4, 0.5) is 21.9 Å². The van der Waals surface area contributed by atoms with Gasteiger partial charge in [-0.3, -0.25) is 9.52 Å². The van der Waals surface area contributed by atoms with Crippen molar-refractivity contribution < 1.29 is 32.6 Å². The summed E-state index contributed by atoms with van der Waals surface area (Å²) in [6, 6.07) is 11.7. The second kappa shape index (κ2) is 11.7. The summed E-state index contributed by atoms with van der Waals surface area (Å²) in [5.41, 5.74) is 1.34. The molecule has 1 fully saturated rings. The number of piperazine rings is 1. The number of ether oxygens (including phenoxy) is 2. The predicted octanol–water partition coefficient (Wildman–Crippen LogP) is 2.74. The molecule has 0 atom stereocenters. The fraction of sp³-hybridized carbons (Fsp3) is 0.440. The van der Waals surface area contributed by atoms with Crippen LogP contribution in [-0.2, 0) is 14.8 Å². The number of carbonyl (C=O) groups excluding carboxylic acids is 2. The Labute approximate surface area is 217 Å². The molecule has 0 bridgehead atoms. The van der Waals surface area contributed by atoms with Crippen LogP contribution in [0.2, 0.25) is 0 Å². The second-order valence-electron chi connectivity index (χ2n) is 9.61. The largest absolute Gasteiger partial charge is 0.489 e. The summed E-state index contributed by atoms with van der Waals surface area (Å²) in [6.45, 7) is 7.65. The van der Waals surface area contributed by atoms with Gasteiger partial charge < -0.3 is 29.7 Å². The molecule has 1 saturated heterocycles. The van der Waals surface area contributed by atoms with E-state index in [-0.39, 0.29) is 36.7 Å². The van der Waals surface area contributed by atoms with E-state index in [1.54, 1.807) is 23.1 Å². The molecular weight excluding hydrogens is 500 g/mol. The van der Waals surface area contributed by atoms with Crippen LogP contribution in [0, 0.1) is 0 Å². The normalized spacial score (nSPS) is 14.2. The highest BCUT2D eigenvalue weighted by molar-refractivity contribution is 7.92. The zero-order chi connectivity index (χ0) is 27.2. The molecule has 37 heavy (non-hydrogen) atoms. The Morgan fingerprint density at radius 2 is 1.68 bits per heavy atom. The van der Waals surface area contributed by atoms with Gasteiger partial charge in [-0.2, -0.15) is 0 Å². The maximum absolute atomic E-state index is 12.8. The SMILES string of the molecule is CC(C)(C)OC(=O)N1CCN(c2ccc(C(=O)Nc3ccc(OCCO)c(NS(C)(=O)=O)c3)cc2)CC1. The van der Waals surface area contributed by atoms with Crippen molar-refractivity contribution in [2.24, 2.45) is 0 Å². The third-order valence-electron chi connectivity index (χ3n) is 5.31. The molecule has 0 radical (unpaired) electrons. The smallest absolute Gasteiger partial charge is 0.410 e. The van der Waals surface area contributed by atoms with Gasteiger partial charge in [0.25, 0.3) is 5.91 Å². The maximum atomic E-state index is 12.8. The number of hydrogen-bond acceptors (Lipinski definition) is 8. The first-order valence-electron chi connectivity index (χ1n) is 11.8. The van der Waals surface area contributed by atoms with E-state index in [4.69, 9.17) is 14.6 Å². The summed E-state index contributed by atoms with van der Waals surface area (Å²) in [6.07, 6.45) is 0.689. The van der Waals surface area contributed by atoms with E-state index in [0.717, 1.165) is 11.9 Å². The van der Waals surface area contributed by atoms with Gasteiger partial charge in [0.2, 0.25) is 10.0 Å². The molecule has 0 spiro atoms. The van der Waals surface area contributed by atoms with Gasteiger partial charge in [-0.15, -0.1) is 0 Å². The van der Waals surface area contributed by atoms with Gasteiger partial charge in [-0.1, -0.05) is 0 Å². The van der Waals surface area contributed by atoms with Gasteiger partial charge in [0.05, 0.1) is 18.6 Å². The van der Waals surface area contributed by atoms with Crippen molar-refractivity contribution in [3.8, 4) is 5.75 Å². The van der Waals surface area contributed by atoms with Crippen LogP contribution >= 0.6 is 0 Å². The highest BCUT2D eigenvalue weighted by Gasteiger charge is 2.26. The standard InChI is InChI=1S/C25H34N4O7S/c1-25(2,3)36-24(32)29-13-11-28(12-14-29)20-8-5-18(6-9-20)23(31)26-19-7-10-22(35-16-15-30)21(17-19)27-37(4,33)34/h5-10,17,27,30H,11-16H2,1-4H3,(H,26,31). The summed E-state index contributed by atoms with van der Waals surface area (Å²) in [5.74, 6) is -0.135. The summed E-state index contributed by atoms with van der Waals surface area (Å²) < 4.78 is 36.6. The molecule has 11 nitrogen and oxygen atoms in total. The van der Waals surface area contributed by atoms with Crippen molar-refractivity contribution in [1.82, 2.24) is 4.90 Å². The topological polar surface area (TPSA) is 138 Å². The fourth-order valence-electron chi connectivity index (χ4n) is 3.67. The van der Waals surface area contributed by atoms with Crippen LogP contribution < -0.4 is 19.7 Å². The molecule has 3 rings (SSSR count). The van der Waals surface area contributed by atoms with Crippen LogP contribution in [0.1, 0.15) is 31.1 Å². The van der Waals surface area contributed by atoms with Gasteiger partial charge in [0.1, 0.15) is 18.0 Å². The molecule has 1 aliphatic heterocycles. The molecule has 2 aromatic carbocycles. The highest BCUT2D eigenvalue weighted by Crippen LogP contribution is 2.29. The number of hydrogen-bond donors (Lipinski definition) is 3. The van der Waals surface area contributed by atoms with Crippen LogP contribution in [0.25, 0.3) is 0 Å². The van der Waals surface area contributed by atoms with E-state index in [1.807, 2.05) is 32.9 Å². The monoisotopic (exact) mass is 534 g/mol. The highest BCUT2D eigenvalue weighted by atomic mass is 32.2. The van der Waals surface area contributed by atoms with Crippen molar-refractivity contribution in [2.75, 3.05) is 60.6 Å². The van der Waals surface area contributed by atoms with E-state index < -0.39 is 15.6 Å². The Bertz CT molecular complexity index is 1200. The second-order valence-corrected chi connectivity index (χ2v) is 11.4. The molecular formula is C25H34N4O7S. The van der Waals surface area contributed by atoms with Gasteiger partial charge in [0, 0.05) is 43.1 Å². The minimum atomic E-state index is -3.59. The molecule has 3 N–H and O–H groups in total. The van der Waals surface area contributed by atoms with Crippen LogP contribution in [0.15, 0.2) is 42.5 Å². The molecule has 202 valence electrons. The number of nitrogens with one attached hydrogen (secondary N) is 2. The van der Waals surface area contributed by atoms with Gasteiger partial charge in [0.15, 0.2) is 0 Å². The molecule has 2 amide bonds. The van der Waals surface area contributed by atoms with Crippen LogP contribution in [-0.4, -0.2) is 81.7 Å². The van der Waals surface area contributed by atoms with E-state index in [2.05, 4.69) is 14.9 Å². The molecule has 0 aliphatic carbocycles. The maximum Gasteiger partial charge on any atom is 0.410 e. The summed E-state index contributed by atoms with van der Waals surface area (Å²) in [7, 11) is -3.59.